The predicted molar refractivity (Wildman–Crippen MR) is 115 cm³/mol. The molecular formula is C23H26FO4P. The Morgan fingerprint density at radius 2 is 1.86 bits per heavy atom. The molecule has 3 rings (SSSR count). The standard InChI is InChI=1S/C23H26FO4P/c1-12-13(2)19(10-29-11-25)15(4)22(18(12)9-21(26)27)17-8-20(24)23-16(14(17)3)6-5-7-28-23/h8,11,29H,5-7,9-10H2,1-4H3,(H,26,27). The van der Waals surface area contributed by atoms with Crippen molar-refractivity contribution >= 4 is 20.6 Å². The third-order valence-electron chi connectivity index (χ3n) is 5.99. The average molecular weight is 416 g/mol. The summed E-state index contributed by atoms with van der Waals surface area (Å²) in [5.74, 6) is -1.01. The third kappa shape index (κ3) is 3.93. The molecule has 1 aliphatic rings. The molecule has 0 bridgehead atoms. The molecule has 154 valence electrons. The highest BCUT2D eigenvalue weighted by Gasteiger charge is 2.25. The zero-order valence-corrected chi connectivity index (χ0v) is 18.2. The fourth-order valence-corrected chi connectivity index (χ4v) is 5.18. The molecule has 0 spiro atoms. The number of carboxylic acids is 1. The third-order valence-corrected chi connectivity index (χ3v) is 6.72. The number of aliphatic carboxylic acids is 1. The highest BCUT2D eigenvalue weighted by atomic mass is 31.1. The second-order valence-corrected chi connectivity index (χ2v) is 8.56. The van der Waals surface area contributed by atoms with Crippen molar-refractivity contribution in [1.82, 2.24) is 0 Å². The van der Waals surface area contributed by atoms with E-state index in [1.54, 1.807) is 0 Å². The monoisotopic (exact) mass is 416 g/mol. The van der Waals surface area contributed by atoms with Crippen LogP contribution in [0, 0.1) is 33.5 Å². The first-order valence-electron chi connectivity index (χ1n) is 9.73. The van der Waals surface area contributed by atoms with Crippen LogP contribution in [0.15, 0.2) is 6.07 Å². The maximum absolute atomic E-state index is 14.9. The van der Waals surface area contributed by atoms with Gasteiger partial charge in [0.15, 0.2) is 11.6 Å². The molecule has 1 unspecified atom stereocenters. The van der Waals surface area contributed by atoms with Gasteiger partial charge in [0.25, 0.3) is 0 Å². The number of benzene rings is 2. The molecule has 2 aromatic carbocycles. The summed E-state index contributed by atoms with van der Waals surface area (Å²) in [7, 11) is 0.137. The van der Waals surface area contributed by atoms with E-state index in [9.17, 15) is 19.1 Å². The first-order valence-corrected chi connectivity index (χ1v) is 11.0. The van der Waals surface area contributed by atoms with Gasteiger partial charge >= 0.3 is 5.97 Å². The number of rotatable bonds is 6. The molecule has 0 aromatic heterocycles. The SMILES string of the molecule is Cc1c(C)c(CC(=O)O)c(-c2cc(F)c3c(c2C)CCCO3)c(C)c1CPC=O. The lowest BCUT2D eigenvalue weighted by molar-refractivity contribution is -0.136. The normalized spacial score (nSPS) is 13.4. The number of hydrogen-bond acceptors (Lipinski definition) is 3. The highest BCUT2D eigenvalue weighted by Crippen LogP contribution is 2.42. The van der Waals surface area contributed by atoms with Gasteiger partial charge in [0.05, 0.1) is 13.0 Å². The van der Waals surface area contributed by atoms with Gasteiger partial charge in [-0.05, 0) is 106 Å². The number of carbonyl (C=O) groups is 2. The Bertz CT molecular complexity index is 998. The minimum absolute atomic E-state index is 0.131. The summed E-state index contributed by atoms with van der Waals surface area (Å²) < 4.78 is 20.5. The summed E-state index contributed by atoms with van der Waals surface area (Å²) in [5, 5.41) is 9.53. The molecule has 0 saturated carbocycles. The van der Waals surface area contributed by atoms with Crippen molar-refractivity contribution in [3.05, 3.63) is 50.8 Å². The van der Waals surface area contributed by atoms with Crippen molar-refractivity contribution in [2.24, 2.45) is 0 Å². The molecule has 1 N–H and O–H groups in total. The molecular weight excluding hydrogens is 390 g/mol. The molecule has 29 heavy (non-hydrogen) atoms. The molecule has 1 aliphatic heterocycles. The van der Waals surface area contributed by atoms with Crippen LogP contribution in [0.2, 0.25) is 0 Å². The Kier molecular flexibility index (Phi) is 6.38. The molecule has 0 fully saturated rings. The lowest BCUT2D eigenvalue weighted by atomic mass is 9.81. The summed E-state index contributed by atoms with van der Waals surface area (Å²) in [6, 6.07) is 2.40. The molecule has 0 amide bonds. The molecule has 2 aromatic rings. The van der Waals surface area contributed by atoms with Gasteiger partial charge < -0.3 is 9.84 Å². The smallest absolute Gasteiger partial charge is 0.307 e. The fourth-order valence-electron chi connectivity index (χ4n) is 4.36. The van der Waals surface area contributed by atoms with Crippen molar-refractivity contribution in [3.8, 4) is 16.9 Å². The number of fused-ring (bicyclic) bond motifs is 1. The maximum atomic E-state index is 14.9. The molecule has 6 heteroatoms. The maximum Gasteiger partial charge on any atom is 0.307 e. The van der Waals surface area contributed by atoms with E-state index in [2.05, 4.69) is 0 Å². The Hall–Kier alpha value is -2.26. The Labute approximate surface area is 172 Å². The lowest BCUT2D eigenvalue weighted by Crippen LogP contribution is -2.14. The second kappa shape index (κ2) is 8.62. The van der Waals surface area contributed by atoms with Crippen LogP contribution in [0.1, 0.15) is 45.4 Å². The predicted octanol–water partition coefficient (Wildman–Crippen LogP) is 5.05. The minimum Gasteiger partial charge on any atom is -0.490 e. The quantitative estimate of drug-likeness (QED) is 0.529. The fraction of sp³-hybridized carbons (Fsp3) is 0.391. The van der Waals surface area contributed by atoms with Gasteiger partial charge in [-0.1, -0.05) is 0 Å². The summed E-state index contributed by atoms with van der Waals surface area (Å²) in [6.45, 7) is 8.29. The zero-order chi connectivity index (χ0) is 21.3. The highest BCUT2D eigenvalue weighted by molar-refractivity contribution is 7.54. The van der Waals surface area contributed by atoms with Crippen molar-refractivity contribution in [2.45, 2.75) is 53.1 Å². The molecule has 4 nitrogen and oxygen atoms in total. The Balaban J connectivity index is 2.35. The molecule has 0 saturated heterocycles. The summed E-state index contributed by atoms with van der Waals surface area (Å²) >= 11 is 0. The van der Waals surface area contributed by atoms with Gasteiger partial charge in [-0.3, -0.25) is 9.59 Å². The molecule has 0 aliphatic carbocycles. The van der Waals surface area contributed by atoms with Crippen LogP contribution in [0.3, 0.4) is 0 Å². The van der Waals surface area contributed by atoms with E-state index in [0.29, 0.717) is 24.1 Å². The number of carboxylic acid groups (broad SMARTS) is 1. The zero-order valence-electron chi connectivity index (χ0n) is 17.2. The van der Waals surface area contributed by atoms with Gasteiger partial charge in [-0.15, -0.1) is 0 Å². The van der Waals surface area contributed by atoms with E-state index in [-0.39, 0.29) is 15.0 Å². The van der Waals surface area contributed by atoms with E-state index in [1.165, 1.54) is 6.07 Å². The molecule has 0 radical (unpaired) electrons. The van der Waals surface area contributed by atoms with E-state index in [4.69, 9.17) is 4.74 Å². The number of hydrogen-bond donors (Lipinski definition) is 1. The van der Waals surface area contributed by atoms with Gasteiger partial charge in [-0.2, -0.15) is 0 Å². The van der Waals surface area contributed by atoms with E-state index >= 15 is 0 Å². The van der Waals surface area contributed by atoms with Crippen LogP contribution in [-0.2, 0) is 28.6 Å². The van der Waals surface area contributed by atoms with Crippen LogP contribution in [0.4, 0.5) is 4.39 Å². The summed E-state index contributed by atoms with van der Waals surface area (Å²) in [5.41, 5.74) is 7.90. The van der Waals surface area contributed by atoms with E-state index in [1.807, 2.05) is 27.7 Å². The van der Waals surface area contributed by atoms with Crippen LogP contribution >= 0.6 is 8.58 Å². The van der Waals surface area contributed by atoms with Crippen molar-refractivity contribution in [3.63, 3.8) is 0 Å². The Morgan fingerprint density at radius 1 is 1.17 bits per heavy atom. The largest absolute Gasteiger partial charge is 0.490 e. The van der Waals surface area contributed by atoms with Crippen LogP contribution in [-0.4, -0.2) is 23.7 Å². The first kappa shape index (κ1) is 21.4. The minimum atomic E-state index is -0.921. The average Bonchev–Trinajstić information content (AvgIpc) is 2.69. The topological polar surface area (TPSA) is 63.6 Å². The first-order chi connectivity index (χ1) is 13.8. The number of carbonyl (C=O) groups excluding carboxylic acids is 1. The van der Waals surface area contributed by atoms with Crippen LogP contribution < -0.4 is 4.74 Å². The Morgan fingerprint density at radius 3 is 2.52 bits per heavy atom. The van der Waals surface area contributed by atoms with Crippen molar-refractivity contribution in [1.29, 1.82) is 0 Å². The van der Waals surface area contributed by atoms with Gasteiger partial charge in [0.1, 0.15) is 6.03 Å². The molecule has 1 heterocycles. The molecule has 1 atom stereocenters. The van der Waals surface area contributed by atoms with Gasteiger partial charge in [-0.25, -0.2) is 4.39 Å². The lowest BCUT2D eigenvalue weighted by Gasteiger charge is -2.26. The second-order valence-electron chi connectivity index (χ2n) is 7.57. The summed E-state index contributed by atoms with van der Waals surface area (Å²) in [4.78, 5) is 22.6. The van der Waals surface area contributed by atoms with Crippen LogP contribution in [0.5, 0.6) is 5.75 Å². The summed E-state index contributed by atoms with van der Waals surface area (Å²) in [6.07, 6.45) is 2.05. The number of ether oxygens (including phenoxy) is 1. The van der Waals surface area contributed by atoms with Gasteiger partial charge in [0.2, 0.25) is 0 Å². The van der Waals surface area contributed by atoms with Crippen molar-refractivity contribution in [2.75, 3.05) is 6.61 Å². The van der Waals surface area contributed by atoms with Crippen molar-refractivity contribution < 1.29 is 23.8 Å². The van der Waals surface area contributed by atoms with Gasteiger partial charge in [0, 0.05) is 5.56 Å². The van der Waals surface area contributed by atoms with E-state index in [0.717, 1.165) is 63.4 Å². The number of halogens is 1. The van der Waals surface area contributed by atoms with Crippen LogP contribution in [0.25, 0.3) is 11.1 Å². The van der Waals surface area contributed by atoms with E-state index < -0.39 is 11.8 Å².